The Labute approximate surface area is 81.7 Å². The van der Waals surface area contributed by atoms with Crippen LogP contribution in [0.5, 0.6) is 0 Å². The van der Waals surface area contributed by atoms with Gasteiger partial charge in [-0.25, -0.2) is 4.79 Å². The summed E-state index contributed by atoms with van der Waals surface area (Å²) in [6.45, 7) is 1.70. The van der Waals surface area contributed by atoms with Crippen molar-refractivity contribution in [1.29, 1.82) is 5.26 Å². The van der Waals surface area contributed by atoms with Crippen molar-refractivity contribution >= 4 is 6.16 Å². The smallest absolute Gasteiger partial charge is 0.426 e. The third-order valence-corrected chi connectivity index (χ3v) is 1.67. The van der Waals surface area contributed by atoms with Crippen molar-refractivity contribution in [3.05, 3.63) is 35.9 Å². The molecule has 4 nitrogen and oxygen atoms in total. The van der Waals surface area contributed by atoms with Gasteiger partial charge in [0.15, 0.2) is 0 Å². The lowest BCUT2D eigenvalue weighted by atomic mass is 10.1. The van der Waals surface area contributed by atoms with Gasteiger partial charge in [0.25, 0.3) is 6.26 Å². The zero-order valence-corrected chi connectivity index (χ0v) is 7.64. The molecule has 1 unspecified atom stereocenters. The number of nitrogens with zero attached hydrogens (tertiary/aromatic N) is 1. The zero-order valence-electron chi connectivity index (χ0n) is 7.64. The van der Waals surface area contributed by atoms with Gasteiger partial charge in [0.05, 0.1) is 0 Å². The quantitative estimate of drug-likeness (QED) is 0.532. The Balaban J connectivity index is 2.56. The normalized spacial score (nSPS) is 11.1. The van der Waals surface area contributed by atoms with Crippen molar-refractivity contribution in [3.63, 3.8) is 0 Å². The maximum absolute atomic E-state index is 10.8. The van der Waals surface area contributed by atoms with Crippen LogP contribution in [0.1, 0.15) is 18.6 Å². The number of hydrogen-bond acceptors (Lipinski definition) is 4. The first-order valence-electron chi connectivity index (χ1n) is 4.05. The first-order valence-corrected chi connectivity index (χ1v) is 4.05. The van der Waals surface area contributed by atoms with Gasteiger partial charge in [-0.3, -0.25) is 0 Å². The largest absolute Gasteiger partial charge is 0.524 e. The van der Waals surface area contributed by atoms with Crippen LogP contribution in [0.3, 0.4) is 0 Å². The predicted molar refractivity (Wildman–Crippen MR) is 48.0 cm³/mol. The zero-order chi connectivity index (χ0) is 10.4. The van der Waals surface area contributed by atoms with Gasteiger partial charge in [0, 0.05) is 0 Å². The molecular weight excluding hydrogens is 182 g/mol. The van der Waals surface area contributed by atoms with E-state index in [1.165, 1.54) is 6.26 Å². The number of ether oxygens (including phenoxy) is 2. The van der Waals surface area contributed by atoms with Crippen molar-refractivity contribution in [1.82, 2.24) is 0 Å². The van der Waals surface area contributed by atoms with Crippen molar-refractivity contribution in [2.24, 2.45) is 0 Å². The summed E-state index contributed by atoms with van der Waals surface area (Å²) in [5.41, 5.74) is 0.849. The van der Waals surface area contributed by atoms with Crippen LogP contribution in [-0.4, -0.2) is 6.16 Å². The molecule has 0 saturated carbocycles. The molecule has 0 heterocycles. The molecule has 0 bridgehead atoms. The molecule has 0 aliphatic carbocycles. The molecule has 72 valence electrons. The summed E-state index contributed by atoms with van der Waals surface area (Å²) in [5, 5.41) is 8.05. The van der Waals surface area contributed by atoms with Gasteiger partial charge >= 0.3 is 6.16 Å². The van der Waals surface area contributed by atoms with Crippen LogP contribution in [0.4, 0.5) is 4.79 Å². The molecule has 1 rings (SSSR count). The van der Waals surface area contributed by atoms with Crippen LogP contribution in [0, 0.1) is 11.5 Å². The molecule has 0 radical (unpaired) electrons. The molecule has 0 N–H and O–H groups in total. The summed E-state index contributed by atoms with van der Waals surface area (Å²) in [5.74, 6) is 0. The van der Waals surface area contributed by atoms with Gasteiger partial charge in [-0.2, -0.15) is 0 Å². The SMILES string of the molecule is CC(OC(=O)OC#N)c1ccccc1. The van der Waals surface area contributed by atoms with Gasteiger partial charge in [-0.05, 0) is 12.5 Å². The van der Waals surface area contributed by atoms with Crippen molar-refractivity contribution < 1.29 is 14.3 Å². The third kappa shape index (κ3) is 2.79. The molecule has 14 heavy (non-hydrogen) atoms. The monoisotopic (exact) mass is 191 g/mol. The van der Waals surface area contributed by atoms with E-state index in [-0.39, 0.29) is 0 Å². The van der Waals surface area contributed by atoms with E-state index in [1.54, 1.807) is 6.92 Å². The van der Waals surface area contributed by atoms with E-state index >= 15 is 0 Å². The molecule has 0 aromatic heterocycles. The number of benzene rings is 1. The lowest BCUT2D eigenvalue weighted by Gasteiger charge is -2.10. The molecule has 1 atom stereocenters. The number of nitriles is 1. The van der Waals surface area contributed by atoms with Crippen molar-refractivity contribution in [3.8, 4) is 6.26 Å². The highest BCUT2D eigenvalue weighted by Crippen LogP contribution is 2.16. The van der Waals surface area contributed by atoms with Crippen molar-refractivity contribution in [2.45, 2.75) is 13.0 Å². The minimum atomic E-state index is -0.983. The molecule has 1 aromatic carbocycles. The first-order chi connectivity index (χ1) is 6.74. The van der Waals surface area contributed by atoms with E-state index in [0.717, 1.165) is 5.56 Å². The van der Waals surface area contributed by atoms with Crippen LogP contribution in [0.15, 0.2) is 30.3 Å². The standard InChI is InChI=1S/C10H9NO3/c1-8(14-10(12)13-7-11)9-5-3-2-4-6-9/h2-6,8H,1H3. The summed E-state index contributed by atoms with van der Waals surface area (Å²) in [4.78, 5) is 10.8. The van der Waals surface area contributed by atoms with Gasteiger partial charge in [0.1, 0.15) is 6.10 Å². The van der Waals surface area contributed by atoms with Gasteiger partial charge in [-0.15, -0.1) is 5.26 Å². The number of hydrogen-bond donors (Lipinski definition) is 0. The Morgan fingerprint density at radius 1 is 1.43 bits per heavy atom. The van der Waals surface area contributed by atoms with Crippen LogP contribution in [-0.2, 0) is 9.47 Å². The fourth-order valence-electron chi connectivity index (χ4n) is 0.998. The van der Waals surface area contributed by atoms with E-state index in [0.29, 0.717) is 0 Å². The average Bonchev–Trinajstić information content (AvgIpc) is 2.19. The molecule has 4 heteroatoms. The van der Waals surface area contributed by atoms with Crippen LogP contribution in [0.2, 0.25) is 0 Å². The highest BCUT2D eigenvalue weighted by Gasteiger charge is 2.11. The molecule has 0 saturated heterocycles. The minimum absolute atomic E-state index is 0.419. The fraction of sp³-hybridized carbons (Fsp3) is 0.200. The van der Waals surface area contributed by atoms with E-state index in [1.807, 2.05) is 30.3 Å². The second-order valence-corrected chi connectivity index (χ2v) is 2.61. The second-order valence-electron chi connectivity index (χ2n) is 2.61. The summed E-state index contributed by atoms with van der Waals surface area (Å²) >= 11 is 0. The highest BCUT2D eigenvalue weighted by molar-refractivity contribution is 5.61. The second kappa shape index (κ2) is 4.87. The van der Waals surface area contributed by atoms with Crippen LogP contribution < -0.4 is 0 Å². The lowest BCUT2D eigenvalue weighted by molar-refractivity contribution is 0.0568. The Kier molecular flexibility index (Phi) is 3.50. The lowest BCUT2D eigenvalue weighted by Crippen LogP contribution is -2.08. The van der Waals surface area contributed by atoms with E-state index in [9.17, 15) is 4.79 Å². The number of carbonyl (C=O) groups excluding carboxylic acids is 1. The summed E-state index contributed by atoms with van der Waals surface area (Å²) in [7, 11) is 0. The fourth-order valence-corrected chi connectivity index (χ4v) is 0.998. The predicted octanol–water partition coefficient (Wildman–Crippen LogP) is 2.38. The summed E-state index contributed by atoms with van der Waals surface area (Å²) < 4.78 is 8.77. The molecule has 0 fully saturated rings. The van der Waals surface area contributed by atoms with Crippen LogP contribution >= 0.6 is 0 Å². The molecular formula is C10H9NO3. The maximum Gasteiger partial charge on any atom is 0.524 e. The first kappa shape index (κ1) is 10.1. The summed E-state index contributed by atoms with van der Waals surface area (Å²) in [6.07, 6.45) is -0.152. The number of carbonyl (C=O) groups is 1. The Hall–Kier alpha value is -2.02. The Morgan fingerprint density at radius 2 is 2.07 bits per heavy atom. The Morgan fingerprint density at radius 3 is 2.64 bits per heavy atom. The van der Waals surface area contributed by atoms with Gasteiger partial charge < -0.3 is 9.47 Å². The molecule has 0 amide bonds. The third-order valence-electron chi connectivity index (χ3n) is 1.67. The molecule has 0 aliphatic heterocycles. The van der Waals surface area contributed by atoms with Gasteiger partial charge in [-0.1, -0.05) is 30.3 Å². The van der Waals surface area contributed by atoms with E-state index in [4.69, 9.17) is 10.00 Å². The number of rotatable bonds is 2. The topological polar surface area (TPSA) is 59.3 Å². The molecule has 0 aliphatic rings. The molecule has 1 aromatic rings. The molecule has 0 spiro atoms. The average molecular weight is 191 g/mol. The van der Waals surface area contributed by atoms with Gasteiger partial charge in [0.2, 0.25) is 0 Å². The Bertz CT molecular complexity index is 342. The van der Waals surface area contributed by atoms with Crippen LogP contribution in [0.25, 0.3) is 0 Å². The maximum atomic E-state index is 10.8. The summed E-state index contributed by atoms with van der Waals surface area (Å²) in [6, 6.07) is 9.19. The van der Waals surface area contributed by atoms with Crippen molar-refractivity contribution in [2.75, 3.05) is 0 Å². The highest BCUT2D eigenvalue weighted by atomic mass is 16.7. The van der Waals surface area contributed by atoms with E-state index in [2.05, 4.69) is 4.74 Å². The van der Waals surface area contributed by atoms with E-state index < -0.39 is 12.3 Å². The minimum Gasteiger partial charge on any atom is -0.426 e.